The Balaban J connectivity index is 2.06. The highest BCUT2D eigenvalue weighted by Gasteiger charge is 2.06. The number of aromatic nitrogens is 2. The molecule has 1 aromatic heterocycles. The number of hydrogen-bond donors (Lipinski definition) is 1. The van der Waals surface area contributed by atoms with Gasteiger partial charge in [0.15, 0.2) is 0 Å². The van der Waals surface area contributed by atoms with E-state index in [0.29, 0.717) is 23.7 Å². The SMILES string of the molecule is CCn1cc(COc2ccc(OC)cc2CO)cn1. The lowest BCUT2D eigenvalue weighted by Gasteiger charge is -2.10. The lowest BCUT2D eigenvalue weighted by Crippen LogP contribution is -1.99. The molecule has 1 heterocycles. The van der Waals surface area contributed by atoms with Gasteiger partial charge in [-0.05, 0) is 25.1 Å². The Morgan fingerprint density at radius 1 is 1.37 bits per heavy atom. The molecule has 0 amide bonds. The van der Waals surface area contributed by atoms with Crippen LogP contribution in [0.2, 0.25) is 0 Å². The van der Waals surface area contributed by atoms with Crippen LogP contribution in [0.3, 0.4) is 0 Å². The Bertz CT molecular complexity index is 537. The molecule has 0 fully saturated rings. The summed E-state index contributed by atoms with van der Waals surface area (Å²) >= 11 is 0. The monoisotopic (exact) mass is 262 g/mol. The van der Waals surface area contributed by atoms with E-state index < -0.39 is 0 Å². The molecule has 0 radical (unpaired) electrons. The molecular weight excluding hydrogens is 244 g/mol. The molecule has 2 rings (SSSR count). The zero-order valence-electron chi connectivity index (χ0n) is 11.2. The number of aliphatic hydroxyl groups is 1. The summed E-state index contributed by atoms with van der Waals surface area (Å²) in [6.45, 7) is 3.22. The second-order valence-corrected chi connectivity index (χ2v) is 4.12. The summed E-state index contributed by atoms with van der Waals surface area (Å²) in [5, 5.41) is 13.5. The van der Waals surface area contributed by atoms with Crippen molar-refractivity contribution in [3.63, 3.8) is 0 Å². The molecule has 1 N–H and O–H groups in total. The minimum Gasteiger partial charge on any atom is -0.497 e. The largest absolute Gasteiger partial charge is 0.497 e. The average molecular weight is 262 g/mol. The van der Waals surface area contributed by atoms with Gasteiger partial charge in [-0.1, -0.05) is 0 Å². The molecule has 0 unspecified atom stereocenters. The van der Waals surface area contributed by atoms with Crippen molar-refractivity contribution in [2.24, 2.45) is 0 Å². The van der Waals surface area contributed by atoms with E-state index in [-0.39, 0.29) is 6.61 Å². The van der Waals surface area contributed by atoms with Crippen molar-refractivity contribution in [2.45, 2.75) is 26.7 Å². The van der Waals surface area contributed by atoms with E-state index in [1.165, 1.54) is 0 Å². The molecule has 0 saturated heterocycles. The van der Waals surface area contributed by atoms with Gasteiger partial charge in [0.25, 0.3) is 0 Å². The van der Waals surface area contributed by atoms with E-state index in [1.54, 1.807) is 25.4 Å². The highest BCUT2D eigenvalue weighted by molar-refractivity contribution is 5.40. The van der Waals surface area contributed by atoms with Gasteiger partial charge in [0.2, 0.25) is 0 Å². The smallest absolute Gasteiger partial charge is 0.125 e. The Morgan fingerprint density at radius 2 is 2.21 bits per heavy atom. The summed E-state index contributed by atoms with van der Waals surface area (Å²) in [4.78, 5) is 0. The van der Waals surface area contributed by atoms with Crippen LogP contribution in [0.1, 0.15) is 18.1 Å². The third-order valence-corrected chi connectivity index (χ3v) is 2.84. The van der Waals surface area contributed by atoms with Crippen LogP contribution in [0.25, 0.3) is 0 Å². The Kier molecular flexibility index (Phi) is 4.41. The van der Waals surface area contributed by atoms with Gasteiger partial charge in [0.1, 0.15) is 18.1 Å². The van der Waals surface area contributed by atoms with Crippen LogP contribution in [0.5, 0.6) is 11.5 Å². The van der Waals surface area contributed by atoms with Crippen LogP contribution >= 0.6 is 0 Å². The van der Waals surface area contributed by atoms with Crippen LogP contribution in [-0.4, -0.2) is 22.0 Å². The van der Waals surface area contributed by atoms with Gasteiger partial charge in [-0.3, -0.25) is 4.68 Å². The van der Waals surface area contributed by atoms with Gasteiger partial charge in [-0.15, -0.1) is 0 Å². The summed E-state index contributed by atoms with van der Waals surface area (Å²) in [5.74, 6) is 1.36. The number of aryl methyl sites for hydroxylation is 1. The molecule has 2 aromatic rings. The predicted octanol–water partition coefficient (Wildman–Crippen LogP) is 1.98. The van der Waals surface area contributed by atoms with Crippen LogP contribution in [0.15, 0.2) is 30.6 Å². The Morgan fingerprint density at radius 3 is 2.84 bits per heavy atom. The topological polar surface area (TPSA) is 56.5 Å². The molecule has 0 bridgehead atoms. The number of nitrogens with zero attached hydrogens (tertiary/aromatic N) is 2. The average Bonchev–Trinajstić information content (AvgIpc) is 2.92. The predicted molar refractivity (Wildman–Crippen MR) is 71.1 cm³/mol. The molecule has 102 valence electrons. The van der Waals surface area contributed by atoms with Crippen molar-refractivity contribution in [1.82, 2.24) is 9.78 Å². The van der Waals surface area contributed by atoms with Gasteiger partial charge < -0.3 is 14.6 Å². The maximum Gasteiger partial charge on any atom is 0.125 e. The standard InChI is InChI=1S/C14H18N2O3/c1-3-16-8-11(7-15-16)10-19-14-5-4-13(18-2)6-12(14)9-17/h4-8,17H,3,9-10H2,1-2H3. The van der Waals surface area contributed by atoms with E-state index in [9.17, 15) is 5.11 Å². The molecule has 19 heavy (non-hydrogen) atoms. The third kappa shape index (κ3) is 3.26. The first kappa shape index (κ1) is 13.4. The Hall–Kier alpha value is -2.01. The maximum atomic E-state index is 9.33. The first-order chi connectivity index (χ1) is 9.26. The zero-order valence-corrected chi connectivity index (χ0v) is 11.2. The summed E-state index contributed by atoms with van der Waals surface area (Å²) in [5.41, 5.74) is 1.71. The fourth-order valence-corrected chi connectivity index (χ4v) is 1.76. The van der Waals surface area contributed by atoms with Gasteiger partial charge in [-0.2, -0.15) is 5.10 Å². The molecule has 5 nitrogen and oxygen atoms in total. The maximum absolute atomic E-state index is 9.33. The number of hydrogen-bond acceptors (Lipinski definition) is 4. The van der Waals surface area contributed by atoms with Crippen molar-refractivity contribution < 1.29 is 14.6 Å². The van der Waals surface area contributed by atoms with Crippen molar-refractivity contribution >= 4 is 0 Å². The van der Waals surface area contributed by atoms with Gasteiger partial charge in [-0.25, -0.2) is 0 Å². The number of benzene rings is 1. The highest BCUT2D eigenvalue weighted by Crippen LogP contribution is 2.24. The van der Waals surface area contributed by atoms with E-state index in [0.717, 1.165) is 12.1 Å². The van der Waals surface area contributed by atoms with Gasteiger partial charge >= 0.3 is 0 Å². The van der Waals surface area contributed by atoms with E-state index in [4.69, 9.17) is 9.47 Å². The molecule has 0 saturated carbocycles. The van der Waals surface area contributed by atoms with Crippen LogP contribution in [-0.2, 0) is 19.8 Å². The quantitative estimate of drug-likeness (QED) is 0.865. The molecular formula is C14H18N2O3. The molecule has 0 aliphatic heterocycles. The fraction of sp³-hybridized carbons (Fsp3) is 0.357. The zero-order chi connectivity index (χ0) is 13.7. The van der Waals surface area contributed by atoms with Crippen molar-refractivity contribution in [3.8, 4) is 11.5 Å². The lowest BCUT2D eigenvalue weighted by atomic mass is 10.2. The molecule has 5 heteroatoms. The fourth-order valence-electron chi connectivity index (χ4n) is 1.76. The summed E-state index contributed by atoms with van der Waals surface area (Å²) in [6.07, 6.45) is 3.73. The van der Waals surface area contributed by atoms with Crippen LogP contribution in [0, 0.1) is 0 Å². The molecule has 0 spiro atoms. The van der Waals surface area contributed by atoms with Gasteiger partial charge in [0, 0.05) is 23.9 Å². The van der Waals surface area contributed by atoms with Crippen LogP contribution in [0.4, 0.5) is 0 Å². The van der Waals surface area contributed by atoms with Crippen molar-refractivity contribution in [1.29, 1.82) is 0 Å². The minimum absolute atomic E-state index is 0.0826. The normalized spacial score (nSPS) is 10.5. The van der Waals surface area contributed by atoms with E-state index in [2.05, 4.69) is 5.10 Å². The van der Waals surface area contributed by atoms with Gasteiger partial charge in [0.05, 0.1) is 19.9 Å². The van der Waals surface area contributed by atoms with E-state index in [1.807, 2.05) is 23.9 Å². The molecule has 0 aliphatic rings. The molecule has 1 aromatic carbocycles. The van der Waals surface area contributed by atoms with Crippen molar-refractivity contribution in [3.05, 3.63) is 41.7 Å². The second-order valence-electron chi connectivity index (χ2n) is 4.12. The minimum atomic E-state index is -0.0826. The number of rotatable bonds is 6. The summed E-state index contributed by atoms with van der Waals surface area (Å²) in [6, 6.07) is 5.38. The molecule has 0 aliphatic carbocycles. The first-order valence-electron chi connectivity index (χ1n) is 6.18. The number of methoxy groups -OCH3 is 1. The number of ether oxygens (including phenoxy) is 2. The summed E-state index contributed by atoms with van der Waals surface area (Å²) < 4.78 is 12.7. The highest BCUT2D eigenvalue weighted by atomic mass is 16.5. The Labute approximate surface area is 112 Å². The third-order valence-electron chi connectivity index (χ3n) is 2.84. The summed E-state index contributed by atoms with van der Waals surface area (Å²) in [7, 11) is 1.59. The van der Waals surface area contributed by atoms with E-state index >= 15 is 0 Å². The number of aliphatic hydroxyl groups excluding tert-OH is 1. The second kappa shape index (κ2) is 6.24. The van der Waals surface area contributed by atoms with Crippen molar-refractivity contribution in [2.75, 3.05) is 7.11 Å². The molecule has 0 atom stereocenters. The lowest BCUT2D eigenvalue weighted by molar-refractivity contribution is 0.258. The first-order valence-corrected chi connectivity index (χ1v) is 6.18. The van der Waals surface area contributed by atoms with Crippen LogP contribution < -0.4 is 9.47 Å².